The molecule has 1 N–H and O–H groups in total. The smallest absolute Gasteiger partial charge is 0.132 e. The maximum absolute atomic E-state index is 4.70. The first kappa shape index (κ1) is 9.60. The number of piperidine rings is 1. The third kappa shape index (κ3) is 1.88. The van der Waals surface area contributed by atoms with Crippen molar-refractivity contribution in [3.8, 4) is 0 Å². The van der Waals surface area contributed by atoms with E-state index in [9.17, 15) is 0 Å². The molecule has 0 radical (unpaired) electrons. The van der Waals surface area contributed by atoms with Gasteiger partial charge in [-0.3, -0.25) is 0 Å². The molecule has 0 spiro atoms. The van der Waals surface area contributed by atoms with E-state index in [-0.39, 0.29) is 0 Å². The summed E-state index contributed by atoms with van der Waals surface area (Å²) in [4.78, 5) is 9.21. The van der Waals surface area contributed by atoms with E-state index >= 15 is 0 Å². The molecule has 0 bridgehead atoms. The zero-order chi connectivity index (χ0) is 10.1. The first-order valence-corrected chi connectivity index (χ1v) is 6.72. The molecule has 0 aliphatic carbocycles. The molecule has 3 nitrogen and oxygen atoms in total. The van der Waals surface area contributed by atoms with Crippen molar-refractivity contribution < 1.29 is 0 Å². The SMILES string of the molecule is c1nc(C2CCCNC2)nc2c1CSC2. The van der Waals surface area contributed by atoms with Crippen LogP contribution in [0.4, 0.5) is 0 Å². The molecule has 3 heterocycles. The van der Waals surface area contributed by atoms with Gasteiger partial charge in [-0.2, -0.15) is 11.8 Å². The molecule has 1 fully saturated rings. The Kier molecular flexibility index (Phi) is 2.63. The summed E-state index contributed by atoms with van der Waals surface area (Å²) in [5.41, 5.74) is 2.61. The fraction of sp³-hybridized carbons (Fsp3) is 0.636. The summed E-state index contributed by atoms with van der Waals surface area (Å²) < 4.78 is 0. The third-order valence-electron chi connectivity index (χ3n) is 3.13. The van der Waals surface area contributed by atoms with E-state index < -0.39 is 0 Å². The number of aromatic nitrogens is 2. The third-order valence-corrected chi connectivity index (χ3v) is 4.12. The molecule has 1 aromatic rings. The number of nitrogens with one attached hydrogen (secondary N) is 1. The van der Waals surface area contributed by atoms with Gasteiger partial charge in [-0.1, -0.05) is 0 Å². The van der Waals surface area contributed by atoms with Crippen LogP contribution in [-0.2, 0) is 11.5 Å². The van der Waals surface area contributed by atoms with Crippen molar-refractivity contribution in [3.63, 3.8) is 0 Å². The lowest BCUT2D eigenvalue weighted by atomic mass is 9.99. The van der Waals surface area contributed by atoms with Crippen LogP contribution in [0.15, 0.2) is 6.20 Å². The van der Waals surface area contributed by atoms with Crippen molar-refractivity contribution in [3.05, 3.63) is 23.3 Å². The molecule has 1 saturated heterocycles. The van der Waals surface area contributed by atoms with Crippen molar-refractivity contribution in [2.75, 3.05) is 13.1 Å². The topological polar surface area (TPSA) is 37.8 Å². The Hall–Kier alpha value is -0.610. The molecular formula is C11H15N3S. The van der Waals surface area contributed by atoms with E-state index in [1.807, 2.05) is 18.0 Å². The summed E-state index contributed by atoms with van der Waals surface area (Å²) in [6.45, 7) is 2.20. The fourth-order valence-electron chi connectivity index (χ4n) is 2.23. The van der Waals surface area contributed by atoms with Gasteiger partial charge in [0.25, 0.3) is 0 Å². The Morgan fingerprint density at radius 1 is 1.40 bits per heavy atom. The second kappa shape index (κ2) is 4.10. The van der Waals surface area contributed by atoms with Gasteiger partial charge in [0.05, 0.1) is 5.69 Å². The summed E-state index contributed by atoms with van der Waals surface area (Å²) >= 11 is 1.94. The number of nitrogens with zero attached hydrogens (tertiary/aromatic N) is 2. The van der Waals surface area contributed by atoms with Crippen LogP contribution in [0, 0.1) is 0 Å². The molecule has 0 saturated carbocycles. The minimum atomic E-state index is 0.537. The van der Waals surface area contributed by atoms with Crippen molar-refractivity contribution >= 4 is 11.8 Å². The molecule has 15 heavy (non-hydrogen) atoms. The summed E-state index contributed by atoms with van der Waals surface area (Å²) in [5.74, 6) is 3.77. The van der Waals surface area contributed by atoms with Gasteiger partial charge in [-0.25, -0.2) is 9.97 Å². The van der Waals surface area contributed by atoms with Crippen LogP contribution < -0.4 is 5.32 Å². The molecule has 4 heteroatoms. The van der Waals surface area contributed by atoms with E-state index in [1.54, 1.807) is 0 Å². The maximum Gasteiger partial charge on any atom is 0.132 e. The minimum Gasteiger partial charge on any atom is -0.316 e. The Morgan fingerprint density at radius 3 is 3.27 bits per heavy atom. The van der Waals surface area contributed by atoms with Crippen molar-refractivity contribution in [1.82, 2.24) is 15.3 Å². The Balaban J connectivity index is 1.85. The van der Waals surface area contributed by atoms with Gasteiger partial charge < -0.3 is 5.32 Å². The normalized spacial score (nSPS) is 25.2. The van der Waals surface area contributed by atoms with Crippen LogP contribution in [0.3, 0.4) is 0 Å². The van der Waals surface area contributed by atoms with Crippen molar-refractivity contribution in [2.45, 2.75) is 30.3 Å². The highest BCUT2D eigenvalue weighted by atomic mass is 32.2. The molecule has 1 atom stereocenters. The van der Waals surface area contributed by atoms with Gasteiger partial charge in [0.2, 0.25) is 0 Å². The van der Waals surface area contributed by atoms with Gasteiger partial charge in [0, 0.05) is 35.7 Å². The highest BCUT2D eigenvalue weighted by Gasteiger charge is 2.20. The number of rotatable bonds is 1. The fourth-order valence-corrected chi connectivity index (χ4v) is 3.24. The molecule has 0 amide bonds. The second-order valence-corrected chi connectivity index (χ2v) is 5.22. The minimum absolute atomic E-state index is 0.537. The Labute approximate surface area is 94.1 Å². The van der Waals surface area contributed by atoms with E-state index in [0.29, 0.717) is 5.92 Å². The first-order valence-electron chi connectivity index (χ1n) is 5.56. The summed E-state index contributed by atoms with van der Waals surface area (Å²) in [5, 5.41) is 3.42. The summed E-state index contributed by atoms with van der Waals surface area (Å²) in [6.07, 6.45) is 4.52. The Morgan fingerprint density at radius 2 is 2.40 bits per heavy atom. The highest BCUT2D eigenvalue weighted by Crippen LogP contribution is 2.29. The average Bonchev–Trinajstić information content (AvgIpc) is 2.77. The predicted octanol–water partition coefficient (Wildman–Crippen LogP) is 1.69. The molecule has 1 unspecified atom stereocenters. The van der Waals surface area contributed by atoms with E-state index in [0.717, 1.165) is 30.4 Å². The van der Waals surface area contributed by atoms with Crippen LogP contribution in [-0.4, -0.2) is 23.1 Å². The van der Waals surface area contributed by atoms with E-state index in [4.69, 9.17) is 4.98 Å². The quantitative estimate of drug-likeness (QED) is 0.783. The van der Waals surface area contributed by atoms with Crippen LogP contribution in [0.1, 0.15) is 35.8 Å². The van der Waals surface area contributed by atoms with Crippen LogP contribution in [0.25, 0.3) is 0 Å². The van der Waals surface area contributed by atoms with Crippen LogP contribution >= 0.6 is 11.8 Å². The van der Waals surface area contributed by atoms with Gasteiger partial charge in [0.15, 0.2) is 0 Å². The lowest BCUT2D eigenvalue weighted by Crippen LogP contribution is -2.29. The lowest BCUT2D eigenvalue weighted by Gasteiger charge is -2.21. The van der Waals surface area contributed by atoms with Crippen LogP contribution in [0.5, 0.6) is 0 Å². The number of hydrogen-bond acceptors (Lipinski definition) is 4. The first-order chi connectivity index (χ1) is 7.43. The monoisotopic (exact) mass is 221 g/mol. The largest absolute Gasteiger partial charge is 0.316 e. The molecule has 1 aromatic heterocycles. The average molecular weight is 221 g/mol. The zero-order valence-electron chi connectivity index (χ0n) is 8.70. The molecule has 3 rings (SSSR count). The molecule has 2 aliphatic heterocycles. The Bertz CT molecular complexity index is 361. The standard InChI is InChI=1S/C11H15N3S/c1-2-8(4-12-3-1)11-13-5-9-6-15-7-10(9)14-11/h5,8,12H,1-4,6-7H2. The second-order valence-electron chi connectivity index (χ2n) is 4.24. The highest BCUT2D eigenvalue weighted by molar-refractivity contribution is 7.98. The van der Waals surface area contributed by atoms with Crippen molar-refractivity contribution in [1.29, 1.82) is 0 Å². The number of hydrogen-bond donors (Lipinski definition) is 1. The number of fused-ring (bicyclic) bond motifs is 1. The van der Waals surface area contributed by atoms with Crippen molar-refractivity contribution in [2.24, 2.45) is 0 Å². The lowest BCUT2D eigenvalue weighted by molar-refractivity contribution is 0.445. The summed E-state index contributed by atoms with van der Waals surface area (Å²) in [6, 6.07) is 0. The van der Waals surface area contributed by atoms with Gasteiger partial charge in [-0.15, -0.1) is 0 Å². The molecule has 80 valence electrons. The zero-order valence-corrected chi connectivity index (χ0v) is 9.52. The van der Waals surface area contributed by atoms with E-state index in [1.165, 1.54) is 24.1 Å². The van der Waals surface area contributed by atoms with E-state index in [2.05, 4.69) is 10.3 Å². The van der Waals surface area contributed by atoms with Gasteiger partial charge in [0.1, 0.15) is 5.82 Å². The molecule has 0 aromatic carbocycles. The summed E-state index contributed by atoms with van der Waals surface area (Å²) in [7, 11) is 0. The van der Waals surface area contributed by atoms with Crippen LogP contribution in [0.2, 0.25) is 0 Å². The molecule has 2 aliphatic rings. The van der Waals surface area contributed by atoms with Gasteiger partial charge >= 0.3 is 0 Å². The molecular weight excluding hydrogens is 206 g/mol. The maximum atomic E-state index is 4.70. The predicted molar refractivity (Wildman–Crippen MR) is 61.9 cm³/mol. The van der Waals surface area contributed by atoms with Gasteiger partial charge in [-0.05, 0) is 19.4 Å². The number of thioether (sulfide) groups is 1.